The zero-order valence-electron chi connectivity index (χ0n) is 15.6. The molecule has 6 heteroatoms. The first-order chi connectivity index (χ1) is 13.0. The van der Waals surface area contributed by atoms with Crippen LogP contribution in [0.5, 0.6) is 0 Å². The summed E-state index contributed by atoms with van der Waals surface area (Å²) in [5.41, 5.74) is 0.223. The number of nitrogens with one attached hydrogen (secondary N) is 1. The lowest BCUT2D eigenvalue weighted by atomic mass is 9.96. The van der Waals surface area contributed by atoms with E-state index in [1.165, 1.54) is 43.4 Å². The fraction of sp³-hybridized carbons (Fsp3) is 0.476. The van der Waals surface area contributed by atoms with Gasteiger partial charge in [-0.2, -0.15) is 0 Å². The minimum absolute atomic E-state index is 0.0301. The molecule has 3 rings (SSSR count). The first-order valence-electron chi connectivity index (χ1n) is 9.64. The molecule has 1 atom stereocenters. The van der Waals surface area contributed by atoms with Crippen molar-refractivity contribution < 1.29 is 14.7 Å². The molecule has 6 nitrogen and oxygen atoms in total. The molecule has 2 N–H and O–H groups in total. The van der Waals surface area contributed by atoms with Gasteiger partial charge in [-0.3, -0.25) is 9.59 Å². The number of aliphatic carboxylic acids is 1. The molecule has 1 heterocycles. The van der Waals surface area contributed by atoms with Crippen LogP contribution in [0.2, 0.25) is 0 Å². The van der Waals surface area contributed by atoms with E-state index in [1.807, 2.05) is 0 Å². The van der Waals surface area contributed by atoms with E-state index in [0.29, 0.717) is 28.8 Å². The molecule has 1 aromatic carbocycles. The first-order valence-corrected chi connectivity index (χ1v) is 9.64. The average molecular weight is 370 g/mol. The summed E-state index contributed by atoms with van der Waals surface area (Å²) in [6, 6.07) is 5.88. The van der Waals surface area contributed by atoms with Crippen molar-refractivity contribution in [1.29, 1.82) is 0 Å². The van der Waals surface area contributed by atoms with Crippen molar-refractivity contribution in [3.05, 3.63) is 40.8 Å². The van der Waals surface area contributed by atoms with Crippen LogP contribution in [0.25, 0.3) is 10.8 Å². The van der Waals surface area contributed by atoms with Gasteiger partial charge in [0.2, 0.25) is 5.91 Å². The summed E-state index contributed by atoms with van der Waals surface area (Å²) < 4.78 is 1.20. The highest BCUT2D eigenvalue weighted by atomic mass is 16.4. The highest BCUT2D eigenvalue weighted by molar-refractivity contribution is 6.01. The molecular formula is C21H26N2O4. The number of carboxylic acids is 1. The zero-order chi connectivity index (χ0) is 19.4. The van der Waals surface area contributed by atoms with E-state index in [-0.39, 0.29) is 11.5 Å². The second kappa shape index (κ2) is 8.37. The van der Waals surface area contributed by atoms with Crippen molar-refractivity contribution >= 4 is 28.3 Å². The smallest absolute Gasteiger partial charge is 0.326 e. The van der Waals surface area contributed by atoms with Gasteiger partial charge < -0.3 is 15.0 Å². The molecule has 0 radical (unpaired) electrons. The molecule has 1 amide bonds. The van der Waals surface area contributed by atoms with Gasteiger partial charge in [0.15, 0.2) is 0 Å². The molecule has 1 saturated carbocycles. The van der Waals surface area contributed by atoms with E-state index >= 15 is 0 Å². The molecule has 2 aromatic rings. The Kier molecular flexibility index (Phi) is 5.94. The second-order valence-electron chi connectivity index (χ2n) is 7.42. The van der Waals surface area contributed by atoms with Crippen molar-refractivity contribution in [3.8, 4) is 0 Å². The van der Waals surface area contributed by atoms with Crippen molar-refractivity contribution in [2.45, 2.75) is 57.9 Å². The van der Waals surface area contributed by atoms with Gasteiger partial charge in [0.05, 0.1) is 0 Å². The molecule has 1 aliphatic carbocycles. The molecule has 1 fully saturated rings. The van der Waals surface area contributed by atoms with E-state index in [0.717, 1.165) is 12.8 Å². The number of pyridine rings is 1. The number of benzene rings is 1. The maximum atomic E-state index is 12.7. The van der Waals surface area contributed by atoms with Crippen LogP contribution in [-0.4, -0.2) is 21.6 Å². The number of carboxylic acid groups (broad SMARTS) is 1. The van der Waals surface area contributed by atoms with Gasteiger partial charge in [-0.1, -0.05) is 31.7 Å². The molecule has 1 aliphatic rings. The third-order valence-electron chi connectivity index (χ3n) is 5.47. The Morgan fingerprint density at radius 3 is 2.52 bits per heavy atom. The van der Waals surface area contributed by atoms with Crippen LogP contribution in [0.1, 0.15) is 57.9 Å². The largest absolute Gasteiger partial charge is 0.480 e. The topological polar surface area (TPSA) is 88.4 Å². The predicted molar refractivity (Wildman–Crippen MR) is 105 cm³/mol. The van der Waals surface area contributed by atoms with Gasteiger partial charge in [0.1, 0.15) is 6.04 Å². The van der Waals surface area contributed by atoms with Gasteiger partial charge in [0.25, 0.3) is 5.56 Å². The SMILES string of the molecule is CC(C(=O)O)n1ccc2c(NC(=O)CC3CCCCCC3)cccc2c1=O. The number of aromatic nitrogens is 1. The van der Waals surface area contributed by atoms with Crippen molar-refractivity contribution in [1.82, 2.24) is 4.57 Å². The lowest BCUT2D eigenvalue weighted by Gasteiger charge is -2.15. The summed E-state index contributed by atoms with van der Waals surface area (Å²) >= 11 is 0. The van der Waals surface area contributed by atoms with E-state index in [9.17, 15) is 14.4 Å². The summed E-state index contributed by atoms with van der Waals surface area (Å²) in [4.78, 5) is 36.4. The summed E-state index contributed by atoms with van der Waals surface area (Å²) in [6.45, 7) is 1.47. The Balaban J connectivity index is 1.82. The highest BCUT2D eigenvalue weighted by Gasteiger charge is 2.19. The molecular weight excluding hydrogens is 344 g/mol. The third kappa shape index (κ3) is 4.38. The number of fused-ring (bicyclic) bond motifs is 1. The maximum absolute atomic E-state index is 12.7. The van der Waals surface area contributed by atoms with E-state index in [4.69, 9.17) is 5.11 Å². The molecule has 1 aromatic heterocycles. The highest BCUT2D eigenvalue weighted by Crippen LogP contribution is 2.27. The van der Waals surface area contributed by atoms with Crippen LogP contribution in [0.4, 0.5) is 5.69 Å². The number of rotatable bonds is 5. The van der Waals surface area contributed by atoms with Gasteiger partial charge in [-0.05, 0) is 43.9 Å². The van der Waals surface area contributed by atoms with Crippen LogP contribution in [-0.2, 0) is 9.59 Å². The van der Waals surface area contributed by atoms with Gasteiger partial charge >= 0.3 is 5.97 Å². The molecule has 0 saturated heterocycles. The number of nitrogens with zero attached hydrogens (tertiary/aromatic N) is 1. The van der Waals surface area contributed by atoms with Gasteiger partial charge in [-0.25, -0.2) is 4.79 Å². The zero-order valence-corrected chi connectivity index (χ0v) is 15.6. The molecule has 27 heavy (non-hydrogen) atoms. The van der Waals surface area contributed by atoms with Crippen LogP contribution < -0.4 is 10.9 Å². The molecule has 0 spiro atoms. The summed E-state index contributed by atoms with van der Waals surface area (Å²) in [5.74, 6) is -0.669. The van der Waals surface area contributed by atoms with Gasteiger partial charge in [0, 0.05) is 29.1 Å². The minimum atomic E-state index is -1.07. The maximum Gasteiger partial charge on any atom is 0.326 e. The number of carbonyl (C=O) groups excluding carboxylic acids is 1. The van der Waals surface area contributed by atoms with Crippen molar-refractivity contribution in [3.63, 3.8) is 0 Å². The fourth-order valence-corrected chi connectivity index (χ4v) is 3.86. The molecule has 0 bridgehead atoms. The Morgan fingerprint density at radius 1 is 1.15 bits per heavy atom. The van der Waals surface area contributed by atoms with Crippen LogP contribution in [0, 0.1) is 5.92 Å². The summed E-state index contributed by atoms with van der Waals surface area (Å²) in [6.07, 6.45) is 9.06. The quantitative estimate of drug-likeness (QED) is 0.780. The number of hydrogen-bond donors (Lipinski definition) is 2. The van der Waals surface area contributed by atoms with E-state index in [1.54, 1.807) is 24.3 Å². The number of amides is 1. The molecule has 144 valence electrons. The minimum Gasteiger partial charge on any atom is -0.480 e. The fourth-order valence-electron chi connectivity index (χ4n) is 3.86. The number of carbonyl (C=O) groups is 2. The predicted octanol–water partition coefficient (Wildman–Crippen LogP) is 3.95. The second-order valence-corrected chi connectivity index (χ2v) is 7.42. The van der Waals surface area contributed by atoms with E-state index < -0.39 is 12.0 Å². The lowest BCUT2D eigenvalue weighted by molar-refractivity contribution is -0.140. The first kappa shape index (κ1) is 19.1. The molecule has 0 aliphatic heterocycles. The Hall–Kier alpha value is -2.63. The van der Waals surface area contributed by atoms with E-state index in [2.05, 4.69) is 5.32 Å². The lowest BCUT2D eigenvalue weighted by Crippen LogP contribution is -2.27. The monoisotopic (exact) mass is 370 g/mol. The van der Waals surface area contributed by atoms with Crippen molar-refractivity contribution in [2.24, 2.45) is 5.92 Å². The Labute approximate surface area is 158 Å². The molecule has 1 unspecified atom stereocenters. The number of hydrogen-bond acceptors (Lipinski definition) is 3. The number of anilines is 1. The average Bonchev–Trinajstić information content (AvgIpc) is 2.90. The summed E-state index contributed by atoms with van der Waals surface area (Å²) in [5, 5.41) is 13.1. The summed E-state index contributed by atoms with van der Waals surface area (Å²) in [7, 11) is 0. The Bertz CT molecular complexity index is 895. The Morgan fingerprint density at radius 2 is 1.85 bits per heavy atom. The van der Waals surface area contributed by atoms with Crippen molar-refractivity contribution in [2.75, 3.05) is 5.32 Å². The van der Waals surface area contributed by atoms with Gasteiger partial charge in [-0.15, -0.1) is 0 Å². The standard InChI is InChI=1S/C21H26N2O4/c1-14(21(26)27)23-12-11-16-17(20(23)25)9-6-10-18(16)22-19(24)13-15-7-4-2-3-5-8-15/h6,9-12,14-15H,2-5,7-8,13H2,1H3,(H,22,24)(H,26,27). The van der Waals surface area contributed by atoms with Crippen LogP contribution in [0.3, 0.4) is 0 Å². The van der Waals surface area contributed by atoms with Crippen LogP contribution >= 0.6 is 0 Å². The normalized spacial score (nSPS) is 16.6. The third-order valence-corrected chi connectivity index (χ3v) is 5.47. The van der Waals surface area contributed by atoms with Crippen LogP contribution in [0.15, 0.2) is 35.3 Å².